The van der Waals surface area contributed by atoms with Gasteiger partial charge in [0.15, 0.2) is 0 Å². The molecule has 8 heteroatoms. The molecular formula is C9H14N4O4. The molecule has 0 spiro atoms. The molecule has 0 fully saturated rings. The minimum absolute atomic E-state index is 0.167. The number of carbonyl (C=O) groups is 2. The highest BCUT2D eigenvalue weighted by atomic mass is 16.6. The van der Waals surface area contributed by atoms with Crippen LogP contribution in [-0.2, 0) is 20.7 Å². The van der Waals surface area contributed by atoms with E-state index in [-0.39, 0.29) is 6.42 Å². The van der Waals surface area contributed by atoms with Crippen molar-refractivity contribution in [1.82, 2.24) is 9.97 Å². The molecule has 0 saturated carbocycles. The van der Waals surface area contributed by atoms with Crippen LogP contribution in [-0.4, -0.2) is 45.7 Å². The second-order valence-electron chi connectivity index (χ2n) is 3.42. The van der Waals surface area contributed by atoms with Gasteiger partial charge in [-0.05, 0) is 0 Å². The average molecular weight is 242 g/mol. The maximum absolute atomic E-state index is 11.4. The van der Waals surface area contributed by atoms with Crippen LogP contribution in [0.5, 0.6) is 0 Å². The first kappa shape index (κ1) is 13.3. The van der Waals surface area contributed by atoms with Gasteiger partial charge >= 0.3 is 11.9 Å². The Balaban J connectivity index is 2.44. The standard InChI is InChI=1S/C9H14N4O4/c10-6(1-5-2-12-4-13-5)8(15)17-9(16)7(11)3-14/h2,4,6-7,14H,1,3,10-11H2,(H,12,13)/t6-,7-/m0/s1. The number of ether oxygens (including phenoxy) is 1. The zero-order valence-electron chi connectivity index (χ0n) is 9.00. The first-order valence-corrected chi connectivity index (χ1v) is 4.89. The Morgan fingerprint density at radius 1 is 1.41 bits per heavy atom. The maximum atomic E-state index is 11.4. The molecule has 0 aliphatic heterocycles. The second-order valence-corrected chi connectivity index (χ2v) is 3.42. The molecule has 0 amide bonds. The van der Waals surface area contributed by atoms with Gasteiger partial charge in [0.1, 0.15) is 12.1 Å². The van der Waals surface area contributed by atoms with Gasteiger partial charge in [0.05, 0.1) is 12.9 Å². The fourth-order valence-electron chi connectivity index (χ4n) is 1.04. The smallest absolute Gasteiger partial charge is 0.332 e. The maximum Gasteiger partial charge on any atom is 0.332 e. The van der Waals surface area contributed by atoms with Crippen molar-refractivity contribution in [1.29, 1.82) is 0 Å². The van der Waals surface area contributed by atoms with E-state index in [0.29, 0.717) is 5.69 Å². The van der Waals surface area contributed by atoms with Crippen molar-refractivity contribution in [2.45, 2.75) is 18.5 Å². The van der Waals surface area contributed by atoms with Gasteiger partial charge in [-0.15, -0.1) is 0 Å². The van der Waals surface area contributed by atoms with Gasteiger partial charge < -0.3 is 26.3 Å². The number of hydrogen-bond acceptors (Lipinski definition) is 7. The Bertz CT molecular complexity index is 378. The summed E-state index contributed by atoms with van der Waals surface area (Å²) in [4.78, 5) is 29.0. The molecule has 0 aliphatic carbocycles. The molecule has 0 saturated heterocycles. The molecule has 1 aromatic heterocycles. The monoisotopic (exact) mass is 242 g/mol. The molecule has 94 valence electrons. The highest BCUT2D eigenvalue weighted by molar-refractivity contribution is 5.90. The summed E-state index contributed by atoms with van der Waals surface area (Å²) in [6, 6.07) is -2.23. The molecule has 8 nitrogen and oxygen atoms in total. The summed E-state index contributed by atoms with van der Waals surface area (Å²) in [5.41, 5.74) is 11.3. The Kier molecular flexibility index (Phi) is 4.76. The zero-order valence-corrected chi connectivity index (χ0v) is 9.00. The van der Waals surface area contributed by atoms with Gasteiger partial charge in [0.2, 0.25) is 0 Å². The van der Waals surface area contributed by atoms with E-state index in [9.17, 15) is 9.59 Å². The van der Waals surface area contributed by atoms with Crippen molar-refractivity contribution >= 4 is 11.9 Å². The van der Waals surface area contributed by atoms with E-state index >= 15 is 0 Å². The molecular weight excluding hydrogens is 228 g/mol. The zero-order chi connectivity index (χ0) is 12.8. The molecule has 6 N–H and O–H groups in total. The molecule has 0 aromatic carbocycles. The van der Waals surface area contributed by atoms with E-state index in [1.54, 1.807) is 0 Å². The van der Waals surface area contributed by atoms with E-state index in [1.165, 1.54) is 12.5 Å². The van der Waals surface area contributed by atoms with Gasteiger partial charge in [-0.1, -0.05) is 0 Å². The van der Waals surface area contributed by atoms with Crippen molar-refractivity contribution in [3.63, 3.8) is 0 Å². The third-order valence-corrected chi connectivity index (χ3v) is 2.00. The first-order valence-electron chi connectivity index (χ1n) is 4.89. The Labute approximate surface area is 97.0 Å². The van der Waals surface area contributed by atoms with E-state index in [4.69, 9.17) is 16.6 Å². The van der Waals surface area contributed by atoms with Crippen molar-refractivity contribution in [3.05, 3.63) is 18.2 Å². The number of aromatic amines is 1. The van der Waals surface area contributed by atoms with Crippen LogP contribution in [0.2, 0.25) is 0 Å². The number of carbonyl (C=O) groups excluding carboxylic acids is 2. The van der Waals surface area contributed by atoms with Gasteiger partial charge in [0.25, 0.3) is 0 Å². The highest BCUT2D eigenvalue weighted by Crippen LogP contribution is 1.99. The predicted octanol–water partition coefficient (Wildman–Crippen LogP) is -2.33. The lowest BCUT2D eigenvalue weighted by molar-refractivity contribution is -0.162. The number of nitrogens with zero attached hydrogens (tertiary/aromatic N) is 1. The average Bonchev–Trinajstić information content (AvgIpc) is 2.80. The lowest BCUT2D eigenvalue weighted by Gasteiger charge is -2.11. The number of hydrogen-bond donors (Lipinski definition) is 4. The van der Waals surface area contributed by atoms with Crippen LogP contribution >= 0.6 is 0 Å². The number of esters is 2. The summed E-state index contributed by atoms with van der Waals surface area (Å²) in [6.45, 7) is -0.595. The van der Waals surface area contributed by atoms with Crippen molar-refractivity contribution < 1.29 is 19.4 Å². The van der Waals surface area contributed by atoms with Gasteiger partial charge in [0, 0.05) is 18.3 Å². The number of nitrogens with one attached hydrogen (secondary N) is 1. The van der Waals surface area contributed by atoms with Crippen LogP contribution in [0.3, 0.4) is 0 Å². The Hall–Kier alpha value is -1.77. The predicted molar refractivity (Wildman–Crippen MR) is 56.4 cm³/mol. The third-order valence-electron chi connectivity index (χ3n) is 2.00. The minimum Gasteiger partial charge on any atom is -0.394 e. The van der Waals surface area contributed by atoms with Crippen LogP contribution in [0, 0.1) is 0 Å². The molecule has 0 aliphatic rings. The molecule has 0 bridgehead atoms. The largest absolute Gasteiger partial charge is 0.394 e. The molecule has 1 aromatic rings. The van der Waals surface area contributed by atoms with Crippen LogP contribution in [0.4, 0.5) is 0 Å². The topological polar surface area (TPSA) is 144 Å². The number of aliphatic hydroxyl groups excluding tert-OH is 1. The summed E-state index contributed by atoms with van der Waals surface area (Å²) in [5, 5.41) is 8.58. The molecule has 0 unspecified atom stereocenters. The van der Waals surface area contributed by atoms with E-state index < -0.39 is 30.6 Å². The van der Waals surface area contributed by atoms with E-state index in [1.807, 2.05) is 0 Å². The molecule has 1 rings (SSSR count). The second kappa shape index (κ2) is 6.09. The summed E-state index contributed by atoms with van der Waals surface area (Å²) in [7, 11) is 0. The van der Waals surface area contributed by atoms with Crippen LogP contribution in [0.1, 0.15) is 5.69 Å². The van der Waals surface area contributed by atoms with E-state index in [0.717, 1.165) is 0 Å². The fraction of sp³-hybridized carbons (Fsp3) is 0.444. The van der Waals surface area contributed by atoms with Crippen LogP contribution in [0.15, 0.2) is 12.5 Å². The Morgan fingerprint density at radius 2 is 2.06 bits per heavy atom. The lowest BCUT2D eigenvalue weighted by atomic mass is 10.2. The number of H-pyrrole nitrogens is 1. The van der Waals surface area contributed by atoms with Gasteiger partial charge in [-0.25, -0.2) is 14.6 Å². The number of imidazole rings is 1. The number of aromatic nitrogens is 2. The van der Waals surface area contributed by atoms with Crippen LogP contribution in [0.25, 0.3) is 0 Å². The van der Waals surface area contributed by atoms with Crippen LogP contribution < -0.4 is 11.5 Å². The minimum atomic E-state index is -1.24. The van der Waals surface area contributed by atoms with Gasteiger partial charge in [-0.2, -0.15) is 0 Å². The lowest BCUT2D eigenvalue weighted by Crippen LogP contribution is -2.42. The number of aliphatic hydroxyl groups is 1. The summed E-state index contributed by atoms with van der Waals surface area (Å²) >= 11 is 0. The SMILES string of the molecule is N[C@@H](CO)C(=O)OC(=O)[C@@H](N)Cc1cnc[nH]1. The van der Waals surface area contributed by atoms with Crippen molar-refractivity contribution in [2.24, 2.45) is 11.5 Å². The van der Waals surface area contributed by atoms with Crippen molar-refractivity contribution in [3.8, 4) is 0 Å². The molecule has 0 radical (unpaired) electrons. The number of rotatable bonds is 5. The normalized spacial score (nSPS) is 14.1. The molecule has 17 heavy (non-hydrogen) atoms. The molecule has 2 atom stereocenters. The highest BCUT2D eigenvalue weighted by Gasteiger charge is 2.23. The summed E-state index contributed by atoms with van der Waals surface area (Å²) in [5.74, 6) is -1.90. The Morgan fingerprint density at radius 3 is 2.59 bits per heavy atom. The number of nitrogens with two attached hydrogens (primary N) is 2. The third kappa shape index (κ3) is 3.94. The fourth-order valence-corrected chi connectivity index (χ4v) is 1.04. The first-order chi connectivity index (χ1) is 8.04. The molecule has 1 heterocycles. The quantitative estimate of drug-likeness (QED) is 0.334. The summed E-state index contributed by atoms with van der Waals surface area (Å²) in [6.07, 6.45) is 3.12. The summed E-state index contributed by atoms with van der Waals surface area (Å²) < 4.78 is 4.39. The van der Waals surface area contributed by atoms with Crippen molar-refractivity contribution in [2.75, 3.05) is 6.61 Å². The van der Waals surface area contributed by atoms with Gasteiger partial charge in [-0.3, -0.25) is 0 Å². The van der Waals surface area contributed by atoms with E-state index in [2.05, 4.69) is 14.7 Å².